The number of para-hydroxylation sites is 1. The van der Waals surface area contributed by atoms with E-state index in [0.717, 1.165) is 24.9 Å². The van der Waals surface area contributed by atoms with E-state index in [1.807, 2.05) is 30.3 Å². The van der Waals surface area contributed by atoms with Gasteiger partial charge in [0.15, 0.2) is 5.69 Å². The van der Waals surface area contributed by atoms with Gasteiger partial charge >= 0.3 is 0 Å². The Kier molecular flexibility index (Phi) is 3.96. The van der Waals surface area contributed by atoms with E-state index in [1.165, 1.54) is 0 Å². The van der Waals surface area contributed by atoms with Crippen molar-refractivity contribution in [3.05, 3.63) is 42.2 Å². The van der Waals surface area contributed by atoms with Gasteiger partial charge in [-0.25, -0.2) is 4.68 Å². The molecule has 0 spiro atoms. The molecule has 1 amide bonds. The Bertz CT molecular complexity index is 607. The Morgan fingerprint density at radius 3 is 2.71 bits per heavy atom. The summed E-state index contributed by atoms with van der Waals surface area (Å²) in [4.78, 5) is 14.2. The van der Waals surface area contributed by atoms with Crippen LogP contribution in [0.25, 0.3) is 5.69 Å². The maximum absolute atomic E-state index is 12.5. The maximum atomic E-state index is 12.5. The highest BCUT2D eigenvalue weighted by Crippen LogP contribution is 2.25. The third kappa shape index (κ3) is 2.80. The van der Waals surface area contributed by atoms with Gasteiger partial charge in [-0.2, -0.15) is 0 Å². The van der Waals surface area contributed by atoms with E-state index in [1.54, 1.807) is 15.8 Å². The first-order chi connectivity index (χ1) is 10.3. The molecule has 110 valence electrons. The van der Waals surface area contributed by atoms with Crippen LogP contribution in [-0.2, 0) is 0 Å². The zero-order chi connectivity index (χ0) is 14.7. The highest BCUT2D eigenvalue weighted by atomic mass is 16.3. The van der Waals surface area contributed by atoms with Crippen molar-refractivity contribution in [1.82, 2.24) is 19.9 Å². The van der Waals surface area contributed by atoms with Gasteiger partial charge in [0.2, 0.25) is 0 Å². The van der Waals surface area contributed by atoms with Gasteiger partial charge in [-0.15, -0.1) is 5.10 Å². The molecular weight excluding hydrogens is 268 g/mol. The molecule has 0 radical (unpaired) electrons. The molecule has 1 aromatic carbocycles. The largest absolute Gasteiger partial charge is 0.395 e. The van der Waals surface area contributed by atoms with Crippen LogP contribution in [0.5, 0.6) is 0 Å². The number of amides is 1. The van der Waals surface area contributed by atoms with Gasteiger partial charge in [0.05, 0.1) is 18.5 Å². The van der Waals surface area contributed by atoms with Crippen molar-refractivity contribution in [3.8, 4) is 5.69 Å². The Hall–Kier alpha value is -2.21. The van der Waals surface area contributed by atoms with Crippen LogP contribution in [-0.4, -0.2) is 50.1 Å². The molecule has 1 heterocycles. The van der Waals surface area contributed by atoms with E-state index in [2.05, 4.69) is 10.3 Å². The molecule has 6 nitrogen and oxygen atoms in total. The SMILES string of the molecule is O=C(c1cn(-c2ccccc2)nn1)N(CCO)C1CCC1. The fraction of sp³-hybridized carbons (Fsp3) is 0.400. The van der Waals surface area contributed by atoms with Gasteiger partial charge in [-0.05, 0) is 31.4 Å². The first-order valence-corrected chi connectivity index (χ1v) is 7.19. The smallest absolute Gasteiger partial charge is 0.276 e. The van der Waals surface area contributed by atoms with Crippen molar-refractivity contribution in [2.75, 3.05) is 13.2 Å². The molecule has 1 saturated carbocycles. The molecule has 6 heteroatoms. The summed E-state index contributed by atoms with van der Waals surface area (Å²) in [5, 5.41) is 17.1. The zero-order valence-electron chi connectivity index (χ0n) is 11.7. The fourth-order valence-corrected chi connectivity index (χ4v) is 2.47. The first kappa shape index (κ1) is 13.8. The van der Waals surface area contributed by atoms with Crippen LogP contribution in [0, 0.1) is 0 Å². The standard InChI is InChI=1S/C15H18N4O2/c20-10-9-18(12-7-4-8-12)15(21)14-11-19(17-16-14)13-5-2-1-3-6-13/h1-3,5-6,11-12,20H,4,7-10H2. The minimum Gasteiger partial charge on any atom is -0.395 e. The summed E-state index contributed by atoms with van der Waals surface area (Å²) in [5.41, 5.74) is 1.18. The number of hydrogen-bond acceptors (Lipinski definition) is 4. The number of rotatable bonds is 5. The lowest BCUT2D eigenvalue weighted by Gasteiger charge is -2.36. The molecule has 0 unspecified atom stereocenters. The monoisotopic (exact) mass is 286 g/mol. The number of aliphatic hydroxyl groups is 1. The molecule has 0 aliphatic heterocycles. The minimum absolute atomic E-state index is 0.0327. The van der Waals surface area contributed by atoms with Crippen LogP contribution in [0.4, 0.5) is 0 Å². The molecule has 0 atom stereocenters. The summed E-state index contributed by atoms with van der Waals surface area (Å²) in [6.45, 7) is 0.316. The molecule has 1 aliphatic rings. The molecule has 3 rings (SSSR count). The van der Waals surface area contributed by atoms with E-state index in [-0.39, 0.29) is 18.6 Å². The second-order valence-electron chi connectivity index (χ2n) is 5.19. The first-order valence-electron chi connectivity index (χ1n) is 7.19. The van der Waals surface area contributed by atoms with Crippen molar-refractivity contribution in [3.63, 3.8) is 0 Å². The Labute approximate surface area is 123 Å². The quantitative estimate of drug-likeness (QED) is 0.898. The summed E-state index contributed by atoms with van der Waals surface area (Å²) in [5.74, 6) is -0.157. The van der Waals surface area contributed by atoms with Crippen LogP contribution in [0.15, 0.2) is 36.5 Å². The molecule has 1 N–H and O–H groups in total. The average Bonchev–Trinajstić information content (AvgIpc) is 2.95. The summed E-state index contributed by atoms with van der Waals surface area (Å²) >= 11 is 0. The summed E-state index contributed by atoms with van der Waals surface area (Å²) in [6, 6.07) is 9.77. The molecule has 1 aliphatic carbocycles. The minimum atomic E-state index is -0.157. The second-order valence-corrected chi connectivity index (χ2v) is 5.19. The maximum Gasteiger partial charge on any atom is 0.276 e. The van der Waals surface area contributed by atoms with Crippen molar-refractivity contribution >= 4 is 5.91 Å². The molecule has 21 heavy (non-hydrogen) atoms. The summed E-state index contributed by atoms with van der Waals surface area (Å²) in [6.07, 6.45) is 4.77. The van der Waals surface area contributed by atoms with Gasteiger partial charge in [0.1, 0.15) is 0 Å². The molecule has 2 aromatic rings. The van der Waals surface area contributed by atoms with Crippen LogP contribution < -0.4 is 0 Å². The Morgan fingerprint density at radius 1 is 1.33 bits per heavy atom. The zero-order valence-corrected chi connectivity index (χ0v) is 11.7. The number of carbonyl (C=O) groups is 1. The normalized spacial score (nSPS) is 14.7. The molecule has 0 saturated heterocycles. The van der Waals surface area contributed by atoms with E-state index in [9.17, 15) is 4.79 Å². The molecule has 1 aromatic heterocycles. The molecular formula is C15H18N4O2. The lowest BCUT2D eigenvalue weighted by molar-refractivity contribution is 0.0520. The van der Waals surface area contributed by atoms with Crippen LogP contribution in [0.1, 0.15) is 29.8 Å². The van der Waals surface area contributed by atoms with E-state index >= 15 is 0 Å². The van der Waals surface area contributed by atoms with Crippen LogP contribution in [0.2, 0.25) is 0 Å². The van der Waals surface area contributed by atoms with E-state index < -0.39 is 0 Å². The van der Waals surface area contributed by atoms with Crippen molar-refractivity contribution in [2.45, 2.75) is 25.3 Å². The number of aliphatic hydroxyl groups excluding tert-OH is 1. The van der Waals surface area contributed by atoms with Crippen LogP contribution in [0.3, 0.4) is 0 Å². The predicted molar refractivity (Wildman–Crippen MR) is 77.1 cm³/mol. The second kappa shape index (κ2) is 6.05. The van der Waals surface area contributed by atoms with Crippen molar-refractivity contribution in [1.29, 1.82) is 0 Å². The fourth-order valence-electron chi connectivity index (χ4n) is 2.47. The third-order valence-corrected chi connectivity index (χ3v) is 3.85. The predicted octanol–water partition coefficient (Wildman–Crippen LogP) is 1.25. The van der Waals surface area contributed by atoms with Crippen molar-refractivity contribution in [2.24, 2.45) is 0 Å². The highest BCUT2D eigenvalue weighted by Gasteiger charge is 2.30. The number of carbonyl (C=O) groups excluding carboxylic acids is 1. The van der Waals surface area contributed by atoms with E-state index in [0.29, 0.717) is 12.2 Å². The summed E-state index contributed by atoms with van der Waals surface area (Å²) in [7, 11) is 0. The van der Waals surface area contributed by atoms with E-state index in [4.69, 9.17) is 5.11 Å². The van der Waals surface area contributed by atoms with Crippen molar-refractivity contribution < 1.29 is 9.90 Å². The number of hydrogen-bond donors (Lipinski definition) is 1. The topological polar surface area (TPSA) is 71.2 Å². The highest BCUT2D eigenvalue weighted by molar-refractivity contribution is 5.92. The van der Waals surface area contributed by atoms with Crippen LogP contribution >= 0.6 is 0 Å². The number of benzene rings is 1. The Balaban J connectivity index is 1.79. The molecule has 1 fully saturated rings. The third-order valence-electron chi connectivity index (χ3n) is 3.85. The van der Waals surface area contributed by atoms with Gasteiger partial charge in [-0.3, -0.25) is 4.79 Å². The number of aromatic nitrogens is 3. The van der Waals surface area contributed by atoms with Gasteiger partial charge in [0.25, 0.3) is 5.91 Å². The Morgan fingerprint density at radius 2 is 2.10 bits per heavy atom. The van der Waals surface area contributed by atoms with Gasteiger partial charge in [0, 0.05) is 12.6 Å². The lowest BCUT2D eigenvalue weighted by atomic mass is 9.91. The average molecular weight is 286 g/mol. The van der Waals surface area contributed by atoms with Gasteiger partial charge in [-0.1, -0.05) is 23.4 Å². The summed E-state index contributed by atoms with van der Waals surface area (Å²) < 4.78 is 1.59. The van der Waals surface area contributed by atoms with Gasteiger partial charge < -0.3 is 10.0 Å². The molecule has 0 bridgehead atoms. The lowest BCUT2D eigenvalue weighted by Crippen LogP contribution is -2.45. The number of nitrogens with zero attached hydrogens (tertiary/aromatic N) is 4.